The van der Waals surface area contributed by atoms with E-state index in [4.69, 9.17) is 9.47 Å². The number of anilines is 1. The van der Waals surface area contributed by atoms with Crippen LogP contribution in [-0.4, -0.2) is 60.8 Å². The van der Waals surface area contributed by atoms with Gasteiger partial charge in [0.1, 0.15) is 5.82 Å². The number of carbonyl (C=O) groups is 1. The van der Waals surface area contributed by atoms with Crippen LogP contribution in [0, 0.1) is 11.7 Å². The Kier molecular flexibility index (Phi) is 8.40. The zero-order valence-corrected chi connectivity index (χ0v) is 22.9. The highest BCUT2D eigenvalue weighted by molar-refractivity contribution is 7.92. The number of ether oxygens (including phenoxy) is 2. The normalized spacial score (nSPS) is 20.8. The van der Waals surface area contributed by atoms with Crippen LogP contribution in [0.15, 0.2) is 30.3 Å². The molecule has 9 nitrogen and oxygen atoms in total. The van der Waals surface area contributed by atoms with E-state index in [1.54, 1.807) is 39.0 Å². The Balaban J connectivity index is 2.14. The van der Waals surface area contributed by atoms with Crippen LogP contribution in [0.2, 0.25) is 0 Å². The molecule has 3 atom stereocenters. The Morgan fingerprint density at radius 3 is 2.35 bits per heavy atom. The van der Waals surface area contributed by atoms with E-state index in [1.165, 1.54) is 19.2 Å². The summed E-state index contributed by atoms with van der Waals surface area (Å²) in [6, 6.07) is 5.76. The number of rotatable bonds is 8. The van der Waals surface area contributed by atoms with Crippen LogP contribution in [0.1, 0.15) is 58.2 Å². The number of hydrogen-bond acceptors (Lipinski definition) is 7. The van der Waals surface area contributed by atoms with Crippen LogP contribution >= 0.6 is 0 Å². The van der Waals surface area contributed by atoms with Crippen LogP contribution in [-0.2, 0) is 24.3 Å². The van der Waals surface area contributed by atoms with Gasteiger partial charge in [0.25, 0.3) is 0 Å². The van der Waals surface area contributed by atoms with Crippen molar-refractivity contribution in [3.05, 3.63) is 47.4 Å². The molecule has 0 aliphatic carbocycles. The fourth-order valence-electron chi connectivity index (χ4n) is 4.06. The highest BCUT2D eigenvalue weighted by atomic mass is 32.2. The molecule has 1 aliphatic heterocycles. The van der Waals surface area contributed by atoms with Crippen LogP contribution in [0.25, 0.3) is 17.3 Å². The smallest absolute Gasteiger partial charge is 0.308 e. The summed E-state index contributed by atoms with van der Waals surface area (Å²) >= 11 is 0. The summed E-state index contributed by atoms with van der Waals surface area (Å²) in [6.45, 7) is 8.92. The van der Waals surface area contributed by atoms with Gasteiger partial charge in [-0.15, -0.1) is 0 Å². The first kappa shape index (κ1) is 28.7. The molecular formula is C26H34FN3O6S. The molecule has 3 rings (SSSR count). The van der Waals surface area contributed by atoms with Crippen molar-refractivity contribution in [1.82, 2.24) is 9.97 Å². The lowest BCUT2D eigenvalue weighted by molar-refractivity contribution is -0.297. The minimum absolute atomic E-state index is 0.00136. The molecular weight excluding hydrogens is 501 g/mol. The largest absolute Gasteiger partial charge is 0.481 e. The number of aliphatic carboxylic acids is 1. The van der Waals surface area contributed by atoms with E-state index in [9.17, 15) is 22.7 Å². The zero-order valence-electron chi connectivity index (χ0n) is 22.1. The van der Waals surface area contributed by atoms with Crippen molar-refractivity contribution in [2.75, 3.05) is 17.6 Å². The van der Waals surface area contributed by atoms with E-state index >= 15 is 0 Å². The number of nitrogens with zero attached hydrogens (tertiary/aromatic N) is 3. The number of carboxylic acids is 1. The summed E-state index contributed by atoms with van der Waals surface area (Å²) < 4.78 is 51.1. The maximum Gasteiger partial charge on any atom is 0.308 e. The van der Waals surface area contributed by atoms with Crippen molar-refractivity contribution >= 4 is 28.0 Å². The van der Waals surface area contributed by atoms with E-state index in [0.29, 0.717) is 28.9 Å². The van der Waals surface area contributed by atoms with Crippen molar-refractivity contribution in [3.63, 3.8) is 0 Å². The highest BCUT2D eigenvalue weighted by Gasteiger charge is 2.39. The number of aromatic nitrogens is 2. The van der Waals surface area contributed by atoms with Crippen molar-refractivity contribution in [3.8, 4) is 11.3 Å². The fourth-order valence-corrected chi connectivity index (χ4v) is 4.44. The Hall–Kier alpha value is -2.89. The molecule has 1 fully saturated rings. The predicted octanol–water partition coefficient (Wildman–Crippen LogP) is 4.45. The molecule has 1 aliphatic rings. The average Bonchev–Trinajstić information content (AvgIpc) is 2.80. The molecule has 1 N–H and O–H groups in total. The molecule has 202 valence electrons. The van der Waals surface area contributed by atoms with Gasteiger partial charge < -0.3 is 14.6 Å². The molecule has 11 heteroatoms. The van der Waals surface area contributed by atoms with Gasteiger partial charge in [0.05, 0.1) is 35.8 Å². The first-order valence-electron chi connectivity index (χ1n) is 12.0. The molecule has 2 heterocycles. The van der Waals surface area contributed by atoms with E-state index in [2.05, 4.69) is 9.97 Å². The third-order valence-corrected chi connectivity index (χ3v) is 7.32. The van der Waals surface area contributed by atoms with E-state index in [0.717, 1.165) is 10.6 Å². The van der Waals surface area contributed by atoms with E-state index in [-0.39, 0.29) is 11.9 Å². The van der Waals surface area contributed by atoms with E-state index in [1.807, 2.05) is 19.9 Å². The second-order valence-electron chi connectivity index (χ2n) is 10.00. The second kappa shape index (κ2) is 10.8. The van der Waals surface area contributed by atoms with Gasteiger partial charge in [-0.1, -0.05) is 26.0 Å². The summed E-state index contributed by atoms with van der Waals surface area (Å²) in [5, 5.41) is 9.48. The zero-order chi connectivity index (χ0) is 27.7. The van der Waals surface area contributed by atoms with Gasteiger partial charge in [-0.25, -0.2) is 27.1 Å². The van der Waals surface area contributed by atoms with Gasteiger partial charge >= 0.3 is 5.97 Å². The molecule has 0 saturated carbocycles. The van der Waals surface area contributed by atoms with Gasteiger partial charge in [-0.3, -0.25) is 4.79 Å². The number of carboxylic acid groups (broad SMARTS) is 1. The number of benzene rings is 1. The van der Waals surface area contributed by atoms with Crippen LogP contribution < -0.4 is 4.31 Å². The minimum Gasteiger partial charge on any atom is -0.481 e. The Bertz CT molecular complexity index is 1280. The highest BCUT2D eigenvalue weighted by Crippen LogP contribution is 2.34. The Morgan fingerprint density at radius 2 is 1.81 bits per heavy atom. The molecule has 2 aromatic rings. The molecule has 0 spiro atoms. The monoisotopic (exact) mass is 535 g/mol. The fraction of sp³-hybridized carbons (Fsp3) is 0.500. The topological polar surface area (TPSA) is 119 Å². The maximum atomic E-state index is 13.7. The summed E-state index contributed by atoms with van der Waals surface area (Å²) in [4.78, 5) is 20.7. The molecule has 1 saturated heterocycles. The van der Waals surface area contributed by atoms with E-state index < -0.39 is 45.7 Å². The number of sulfonamides is 1. The first-order valence-corrected chi connectivity index (χ1v) is 13.8. The quantitative estimate of drug-likeness (QED) is 0.527. The molecule has 1 unspecified atom stereocenters. The van der Waals surface area contributed by atoms with Gasteiger partial charge in [0.2, 0.25) is 16.0 Å². The van der Waals surface area contributed by atoms with Gasteiger partial charge in [0.15, 0.2) is 5.79 Å². The summed E-state index contributed by atoms with van der Waals surface area (Å²) in [5.74, 6) is -3.20. The van der Waals surface area contributed by atoms with Crippen molar-refractivity contribution in [1.29, 1.82) is 0 Å². The van der Waals surface area contributed by atoms with Crippen LogP contribution in [0.4, 0.5) is 10.3 Å². The predicted molar refractivity (Wildman–Crippen MR) is 139 cm³/mol. The van der Waals surface area contributed by atoms with Crippen molar-refractivity contribution in [2.24, 2.45) is 5.92 Å². The maximum absolute atomic E-state index is 13.7. The third kappa shape index (κ3) is 6.91. The standard InChI is InChI=1S/C26H34FN3O6S/c1-15(2)22-20(13-12-19-14-21(16(3)24(31)32)36-26(4,5)35-19)23(17-8-10-18(27)11-9-17)29-25(28-22)30(6)37(7,33)34/h8-13,15-16,19,21H,14H2,1-7H3,(H,31,32)/t16?,19-,21-/m1/s1. The Labute approximate surface area is 217 Å². The lowest BCUT2D eigenvalue weighted by Crippen LogP contribution is -2.47. The minimum atomic E-state index is -3.63. The molecule has 1 aromatic carbocycles. The first-order chi connectivity index (χ1) is 17.1. The number of hydrogen-bond donors (Lipinski definition) is 1. The SMILES string of the molecule is CC(C)c1nc(N(C)S(C)(=O)=O)nc(-c2ccc(F)cc2)c1C=C[C@@H]1C[C@H](C(C)C(=O)O)OC(C)(C)O1. The molecule has 0 amide bonds. The molecule has 1 aromatic heterocycles. The molecule has 0 radical (unpaired) electrons. The third-order valence-electron chi connectivity index (χ3n) is 6.17. The second-order valence-corrected chi connectivity index (χ2v) is 12.0. The van der Waals surface area contributed by atoms with Crippen LogP contribution in [0.3, 0.4) is 0 Å². The van der Waals surface area contributed by atoms with Gasteiger partial charge in [-0.2, -0.15) is 0 Å². The van der Waals surface area contributed by atoms with Gasteiger partial charge in [-0.05, 0) is 51.0 Å². The average molecular weight is 536 g/mol. The van der Waals surface area contributed by atoms with Gasteiger partial charge in [0, 0.05) is 24.6 Å². The Morgan fingerprint density at radius 1 is 1.19 bits per heavy atom. The summed E-state index contributed by atoms with van der Waals surface area (Å²) in [6.07, 6.45) is 3.98. The summed E-state index contributed by atoms with van der Waals surface area (Å²) in [5.41, 5.74) is 2.24. The lowest BCUT2D eigenvalue weighted by Gasteiger charge is -2.41. The number of halogens is 1. The van der Waals surface area contributed by atoms with Crippen molar-refractivity contribution in [2.45, 2.75) is 65.0 Å². The summed E-state index contributed by atoms with van der Waals surface area (Å²) in [7, 11) is -2.26. The van der Waals surface area contributed by atoms with Crippen molar-refractivity contribution < 1.29 is 32.2 Å². The molecule has 37 heavy (non-hydrogen) atoms. The molecule has 0 bridgehead atoms. The van der Waals surface area contributed by atoms with Crippen LogP contribution in [0.5, 0.6) is 0 Å². The lowest BCUT2D eigenvalue weighted by atomic mass is 9.95.